The maximum absolute atomic E-state index is 12.9. The maximum atomic E-state index is 12.9. The highest BCUT2D eigenvalue weighted by atomic mass is 35.5. The van der Waals surface area contributed by atoms with Gasteiger partial charge in [0, 0.05) is 18.6 Å². The number of nitrogen functional groups attached to an aromatic ring is 1. The van der Waals surface area contributed by atoms with Gasteiger partial charge in [-0.05, 0) is 113 Å². The van der Waals surface area contributed by atoms with Crippen LogP contribution in [0.15, 0.2) is 88.4 Å². The van der Waals surface area contributed by atoms with Crippen molar-refractivity contribution in [3.8, 4) is 0 Å². The fourth-order valence-electron chi connectivity index (χ4n) is 9.97. The highest BCUT2D eigenvalue weighted by molar-refractivity contribution is 6.36. The van der Waals surface area contributed by atoms with Gasteiger partial charge < -0.3 is 32.3 Å². The predicted octanol–water partition coefficient (Wildman–Crippen LogP) is 6.20. The van der Waals surface area contributed by atoms with E-state index < -0.39 is 17.0 Å². The van der Waals surface area contributed by atoms with Gasteiger partial charge in [-0.15, -0.1) is 0 Å². The first kappa shape index (κ1) is 48.1. The average Bonchev–Trinajstić information content (AvgIpc) is 4.22. The number of carbonyl (C=O) groups excluding carboxylic acids is 3. The molecule has 6 aromatic rings. The molecule has 0 atom stereocenters. The van der Waals surface area contributed by atoms with E-state index in [0.717, 1.165) is 77.0 Å². The van der Waals surface area contributed by atoms with E-state index >= 15 is 0 Å². The van der Waals surface area contributed by atoms with Crippen LogP contribution < -0.4 is 49.0 Å². The molecule has 12 rings (SSSR count). The normalized spacial score (nSPS) is 17.7. The number of aromatic nitrogens is 9. The number of halogens is 4. The second-order valence-electron chi connectivity index (χ2n) is 17.3. The minimum Gasteiger partial charge on any atom is -0.384 e. The van der Waals surface area contributed by atoms with E-state index in [9.17, 15) is 28.8 Å². The van der Waals surface area contributed by atoms with Crippen LogP contribution in [0.1, 0.15) is 109 Å². The molecule has 7 N–H and O–H groups in total. The molecule has 3 fully saturated rings. The van der Waals surface area contributed by atoms with E-state index in [1.165, 1.54) is 50.9 Å². The van der Waals surface area contributed by atoms with Gasteiger partial charge in [-0.3, -0.25) is 42.5 Å². The third-order valence-corrected chi connectivity index (χ3v) is 14.1. The molecule has 3 aliphatic heterocycles. The van der Waals surface area contributed by atoms with Crippen LogP contribution in [-0.4, -0.2) is 61.3 Å². The van der Waals surface area contributed by atoms with Crippen LogP contribution in [0.5, 0.6) is 0 Å². The highest BCUT2D eigenvalue weighted by Crippen LogP contribution is 2.42. The quantitative estimate of drug-likeness (QED) is 0.115. The minimum absolute atomic E-state index is 0.0570. The average molecular weight is 1030 g/mol. The minimum atomic E-state index is -0.642. The number of amides is 3. The SMILES string of the molecule is Nc1ccncn1.O=C1NC2(CCCC2)n2c1c(Cl)cc(Cl)c2=O.O=C1NC2(CCCC2)n2c1c(Cl)cc(Nc1ccncn1)c2=O.O=C1NC2(CCCC2)n2c1c(Cl)cc(Nc1ccncn1)c2=O. The lowest BCUT2D eigenvalue weighted by atomic mass is 10.1. The van der Waals surface area contributed by atoms with Crippen LogP contribution in [0.3, 0.4) is 0 Å². The van der Waals surface area contributed by atoms with Crippen molar-refractivity contribution in [3.63, 3.8) is 0 Å². The standard InChI is InChI=1S/2C15H14ClN5O2.C11H10Cl2N2O2.C4H5N3/c2*16-9-7-10(19-11-3-6-17-8-18-11)14(23)21-12(9)13(22)20-15(21)4-1-2-5-15;12-6-5-7(13)10(17)15-8(6)9(16)14-11(15)3-1-2-4-11;5-4-1-2-6-3-7-4/h2*3,6-8H,1-2,4-5H2,(H,20,22)(H,17,18,19);5H,1-4H2,(H,14,16);1-3H,(H2,5,6,7). The number of hydrogen-bond donors (Lipinski definition) is 6. The number of rotatable bonds is 4. The van der Waals surface area contributed by atoms with Crippen molar-refractivity contribution >= 4 is 93.0 Å². The Balaban J connectivity index is 0.000000123. The Morgan fingerprint density at radius 3 is 1.13 bits per heavy atom. The van der Waals surface area contributed by atoms with E-state index in [1.807, 2.05) is 0 Å². The number of pyridine rings is 3. The van der Waals surface area contributed by atoms with Crippen LogP contribution in [0.4, 0.5) is 28.8 Å². The number of fused-ring (bicyclic) bond motifs is 6. The molecule has 6 aliphatic rings. The van der Waals surface area contributed by atoms with Crippen LogP contribution in [0.2, 0.25) is 20.1 Å². The second kappa shape index (κ2) is 19.5. The van der Waals surface area contributed by atoms with Crippen molar-refractivity contribution in [1.29, 1.82) is 0 Å². The highest BCUT2D eigenvalue weighted by Gasteiger charge is 2.49. The molecule has 0 saturated heterocycles. The lowest BCUT2D eigenvalue weighted by Crippen LogP contribution is -2.45. The van der Waals surface area contributed by atoms with Gasteiger partial charge in [0.05, 0.1) is 15.1 Å². The first-order chi connectivity index (χ1) is 33.7. The van der Waals surface area contributed by atoms with Gasteiger partial charge >= 0.3 is 0 Å². The van der Waals surface area contributed by atoms with Crippen LogP contribution in [0, 0.1) is 0 Å². The lowest BCUT2D eigenvalue weighted by Gasteiger charge is -2.26. The Labute approximate surface area is 417 Å². The van der Waals surface area contributed by atoms with Gasteiger partial charge in [0.1, 0.15) is 86.9 Å². The summed E-state index contributed by atoms with van der Waals surface area (Å²) in [6.07, 6.45) is 19.2. The molecule has 3 saturated carbocycles. The summed E-state index contributed by atoms with van der Waals surface area (Å²) < 4.78 is 4.50. The Morgan fingerprint density at radius 2 is 0.814 bits per heavy atom. The van der Waals surface area contributed by atoms with E-state index in [2.05, 4.69) is 56.5 Å². The summed E-state index contributed by atoms with van der Waals surface area (Å²) in [5.41, 5.74) is 3.74. The maximum Gasteiger partial charge on any atom is 0.276 e. The van der Waals surface area contributed by atoms with Gasteiger partial charge in [-0.1, -0.05) is 46.4 Å². The molecular weight excluding hydrogens is 988 g/mol. The smallest absolute Gasteiger partial charge is 0.276 e. The summed E-state index contributed by atoms with van der Waals surface area (Å²) in [5.74, 6) is 0.629. The summed E-state index contributed by atoms with van der Waals surface area (Å²) in [5, 5.41) is 15.5. The molecule has 0 bridgehead atoms. The van der Waals surface area contributed by atoms with E-state index in [4.69, 9.17) is 52.1 Å². The molecule has 0 unspecified atom stereocenters. The van der Waals surface area contributed by atoms with E-state index in [1.54, 1.807) is 36.8 Å². The molecule has 25 heteroatoms. The Morgan fingerprint density at radius 1 is 0.471 bits per heavy atom. The zero-order valence-corrected chi connectivity index (χ0v) is 40.0. The Kier molecular flexibility index (Phi) is 13.4. The molecule has 362 valence electrons. The van der Waals surface area contributed by atoms with Crippen LogP contribution >= 0.6 is 46.4 Å². The Bertz CT molecular complexity index is 3050. The summed E-state index contributed by atoms with van der Waals surface area (Å²) in [7, 11) is 0. The molecule has 3 amide bonds. The van der Waals surface area contributed by atoms with Gasteiger partial charge in [-0.2, -0.15) is 0 Å². The second-order valence-corrected chi connectivity index (χ2v) is 18.9. The summed E-state index contributed by atoms with van der Waals surface area (Å²) in [4.78, 5) is 97.5. The summed E-state index contributed by atoms with van der Waals surface area (Å²) in [6.45, 7) is 0. The van der Waals surface area contributed by atoms with Gasteiger partial charge in [0.15, 0.2) is 0 Å². The number of carbonyl (C=O) groups is 3. The fraction of sp³-hybridized carbons (Fsp3) is 0.333. The topological polar surface area (TPSA) is 281 Å². The molecule has 9 heterocycles. The van der Waals surface area contributed by atoms with Crippen LogP contribution in [0.25, 0.3) is 0 Å². The molecule has 3 aliphatic carbocycles. The predicted molar refractivity (Wildman–Crippen MR) is 261 cm³/mol. The monoisotopic (exact) mass is 1030 g/mol. The molecule has 0 radical (unpaired) electrons. The summed E-state index contributed by atoms with van der Waals surface area (Å²) >= 11 is 24.4. The van der Waals surface area contributed by atoms with Crippen molar-refractivity contribution in [1.82, 2.24) is 59.6 Å². The number of nitrogens with zero attached hydrogens (tertiary/aromatic N) is 9. The fourth-order valence-corrected chi connectivity index (χ4v) is 11.1. The van der Waals surface area contributed by atoms with E-state index in [-0.39, 0.29) is 71.6 Å². The third kappa shape index (κ3) is 8.93. The zero-order chi connectivity index (χ0) is 49.4. The third-order valence-electron chi connectivity index (χ3n) is 13.0. The number of nitrogens with two attached hydrogens (primary N) is 1. The zero-order valence-electron chi connectivity index (χ0n) is 37.0. The lowest BCUT2D eigenvalue weighted by molar-refractivity contribution is 0.0911. The van der Waals surface area contributed by atoms with Gasteiger partial charge in [-0.25, -0.2) is 29.9 Å². The molecule has 0 aromatic carbocycles. The first-order valence-electron chi connectivity index (χ1n) is 22.2. The largest absolute Gasteiger partial charge is 0.384 e. The van der Waals surface area contributed by atoms with Crippen molar-refractivity contribution in [3.05, 3.63) is 142 Å². The number of anilines is 5. The van der Waals surface area contributed by atoms with Crippen molar-refractivity contribution in [2.75, 3.05) is 16.4 Å². The van der Waals surface area contributed by atoms with Gasteiger partial charge in [0.2, 0.25) is 0 Å². The molecule has 21 nitrogen and oxygen atoms in total. The number of nitrogens with one attached hydrogen (secondary N) is 5. The van der Waals surface area contributed by atoms with Gasteiger partial charge in [0.25, 0.3) is 34.4 Å². The van der Waals surface area contributed by atoms with Crippen molar-refractivity contribution in [2.45, 2.75) is 94.0 Å². The number of hydrogen-bond acceptors (Lipinski definition) is 15. The van der Waals surface area contributed by atoms with Crippen LogP contribution in [-0.2, 0) is 17.0 Å². The van der Waals surface area contributed by atoms with Crippen molar-refractivity contribution < 1.29 is 14.4 Å². The molecule has 6 aromatic heterocycles. The molecule has 3 spiro atoms. The molecular formula is C45H43Cl4N15O6. The molecule has 70 heavy (non-hydrogen) atoms. The first-order valence-corrected chi connectivity index (χ1v) is 23.8. The summed E-state index contributed by atoms with van der Waals surface area (Å²) in [6, 6.07) is 9.24. The van der Waals surface area contributed by atoms with Crippen molar-refractivity contribution in [2.24, 2.45) is 0 Å². The Hall–Kier alpha value is -6.94. The van der Waals surface area contributed by atoms with E-state index in [0.29, 0.717) is 28.8 Å².